The highest BCUT2D eigenvalue weighted by molar-refractivity contribution is 5.10. The normalized spacial score (nSPS) is 20.4. The first-order chi connectivity index (χ1) is 5.68. The summed E-state index contributed by atoms with van der Waals surface area (Å²) >= 11 is 0. The van der Waals surface area contributed by atoms with Crippen LogP contribution < -0.4 is 26.4 Å². The average Bonchev–Trinajstić information content (AvgIpc) is 2.31. The summed E-state index contributed by atoms with van der Waals surface area (Å²) in [4.78, 5) is 16.3. The molecule has 2 N–H and O–H groups in total. The third-order valence-electron chi connectivity index (χ3n) is 1.50. The fourth-order valence-corrected chi connectivity index (χ4v) is 0.971. The first kappa shape index (κ1) is 6.95. The monoisotopic (exact) mass is 168 g/mol. The van der Waals surface area contributed by atoms with Crippen LogP contribution >= 0.6 is 0 Å². The van der Waals surface area contributed by atoms with Gasteiger partial charge < -0.3 is 10.4 Å². The molecular weight excluding hydrogens is 164 g/mol. The topological polar surface area (TPSA) is 99.3 Å². The first-order valence-electron chi connectivity index (χ1n) is 3.14. The minimum atomic E-state index is -0.700. The number of rotatable bonds is 0. The molecule has 1 aliphatic heterocycles. The lowest BCUT2D eigenvalue weighted by molar-refractivity contribution is -0.822. The molecule has 1 atom stereocenters. The van der Waals surface area contributed by atoms with Gasteiger partial charge in [-0.25, -0.2) is 4.79 Å². The number of fused-ring (bicyclic) bond motifs is 1. The van der Waals surface area contributed by atoms with E-state index in [4.69, 9.17) is 0 Å². The number of aromatic amines is 1. The van der Waals surface area contributed by atoms with Gasteiger partial charge in [0.25, 0.3) is 0 Å². The van der Waals surface area contributed by atoms with Gasteiger partial charge in [-0.15, -0.1) is 0 Å². The van der Waals surface area contributed by atoms with Crippen LogP contribution in [0.15, 0.2) is 11.0 Å². The zero-order valence-electron chi connectivity index (χ0n) is 5.77. The van der Waals surface area contributed by atoms with Crippen molar-refractivity contribution in [1.29, 1.82) is 0 Å². The Hall–Kier alpha value is -1.73. The van der Waals surface area contributed by atoms with Crippen LogP contribution in [0.4, 0.5) is 0 Å². The number of H-pyrrole nitrogens is 1. The molecule has 1 aliphatic rings. The Balaban J connectivity index is 2.95. The summed E-state index contributed by atoms with van der Waals surface area (Å²) in [5.74, 6) is 0. The van der Waals surface area contributed by atoms with E-state index >= 15 is 0 Å². The number of hydroxylamine groups is 1. The molecule has 0 aliphatic carbocycles. The van der Waals surface area contributed by atoms with Crippen LogP contribution in [0.5, 0.6) is 0 Å². The number of quaternary nitrogens is 1. The Labute approximate surface area is 65.0 Å². The van der Waals surface area contributed by atoms with Crippen LogP contribution in [0.1, 0.15) is 0 Å². The summed E-state index contributed by atoms with van der Waals surface area (Å²) in [5.41, 5.74) is -0.683. The van der Waals surface area contributed by atoms with Crippen molar-refractivity contribution in [2.24, 2.45) is 0 Å². The second-order valence-electron chi connectivity index (χ2n) is 2.27. The molecule has 0 amide bonds. The Morgan fingerprint density at radius 3 is 3.17 bits per heavy atom. The van der Waals surface area contributed by atoms with Crippen LogP contribution in [-0.2, 0) is 0 Å². The van der Waals surface area contributed by atoms with E-state index in [1.54, 1.807) is 0 Å². The molecule has 1 aromatic heterocycles. The standard InChI is InChI=1S/C5H4N4O3/c10-5-6-1-3-2-8(11)9(12)4(3)7-5/h1-2,8H,(H,7,10). The molecule has 0 saturated heterocycles. The van der Waals surface area contributed by atoms with Crippen LogP contribution in [0, 0.1) is 10.4 Å². The van der Waals surface area contributed by atoms with Gasteiger partial charge in [0.05, 0.1) is 6.20 Å². The highest BCUT2D eigenvalue weighted by Gasteiger charge is 2.12. The molecule has 0 bridgehead atoms. The van der Waals surface area contributed by atoms with Gasteiger partial charge in [-0.3, -0.25) is 0 Å². The summed E-state index contributed by atoms with van der Waals surface area (Å²) < 4.78 is 0. The van der Waals surface area contributed by atoms with E-state index in [0.29, 0.717) is 5.22 Å². The van der Waals surface area contributed by atoms with Crippen molar-refractivity contribution >= 4 is 6.20 Å². The fourth-order valence-electron chi connectivity index (χ4n) is 0.971. The Morgan fingerprint density at radius 1 is 1.67 bits per heavy atom. The van der Waals surface area contributed by atoms with E-state index in [0.717, 1.165) is 6.20 Å². The first-order valence-corrected chi connectivity index (χ1v) is 3.14. The van der Waals surface area contributed by atoms with Crippen LogP contribution in [0.2, 0.25) is 0 Å². The van der Waals surface area contributed by atoms with Crippen molar-refractivity contribution in [3.63, 3.8) is 0 Å². The van der Waals surface area contributed by atoms with Crippen molar-refractivity contribution in [2.75, 3.05) is 0 Å². The number of hydrogen-bond donors (Lipinski definition) is 2. The predicted molar refractivity (Wildman–Crippen MR) is 37.5 cm³/mol. The highest BCUT2D eigenvalue weighted by atomic mass is 16.7. The molecule has 2 rings (SSSR count). The lowest BCUT2D eigenvalue weighted by Crippen LogP contribution is -3.07. The highest BCUT2D eigenvalue weighted by Crippen LogP contribution is 1.54. The lowest BCUT2D eigenvalue weighted by atomic mass is 10.5. The van der Waals surface area contributed by atoms with Crippen molar-refractivity contribution < 1.29 is 5.17 Å². The number of hydrogen-bond acceptors (Lipinski definition) is 4. The molecule has 0 radical (unpaired) electrons. The molecule has 0 spiro atoms. The zero-order valence-corrected chi connectivity index (χ0v) is 5.77. The van der Waals surface area contributed by atoms with Crippen molar-refractivity contribution in [3.8, 4) is 0 Å². The van der Waals surface area contributed by atoms with Crippen molar-refractivity contribution in [2.45, 2.75) is 0 Å². The molecule has 0 saturated carbocycles. The van der Waals surface area contributed by atoms with Gasteiger partial charge in [0, 0.05) is 0 Å². The van der Waals surface area contributed by atoms with Crippen LogP contribution in [0.3, 0.4) is 0 Å². The molecule has 7 heteroatoms. The van der Waals surface area contributed by atoms with Crippen molar-refractivity contribution in [3.05, 3.63) is 37.8 Å². The van der Waals surface area contributed by atoms with E-state index in [1.165, 1.54) is 6.20 Å². The predicted octanol–water partition coefficient (Wildman–Crippen LogP) is -4.19. The third-order valence-corrected chi connectivity index (χ3v) is 1.50. The summed E-state index contributed by atoms with van der Waals surface area (Å²) in [5, 5.41) is 21.3. The maximum atomic E-state index is 10.9. The summed E-state index contributed by atoms with van der Waals surface area (Å²) in [6.07, 6.45) is 2.30. The molecule has 0 fully saturated rings. The SMILES string of the molecule is O=c1ncc2c([nH]1)=[N+]([O-])[NH+]([O-])C=2. The van der Waals surface area contributed by atoms with E-state index in [-0.39, 0.29) is 10.3 Å². The Morgan fingerprint density at radius 2 is 2.42 bits per heavy atom. The van der Waals surface area contributed by atoms with Gasteiger partial charge in [0.1, 0.15) is 5.22 Å². The van der Waals surface area contributed by atoms with Gasteiger partial charge in [-0.1, -0.05) is 4.85 Å². The van der Waals surface area contributed by atoms with Crippen LogP contribution in [-0.4, -0.2) is 9.97 Å². The number of nitrogens with one attached hydrogen (secondary N) is 2. The summed E-state index contributed by atoms with van der Waals surface area (Å²) in [7, 11) is 0. The lowest BCUT2D eigenvalue weighted by Gasteiger charge is -2.13. The third kappa shape index (κ3) is 0.807. The Bertz CT molecular complexity index is 490. The van der Waals surface area contributed by atoms with Gasteiger partial charge in [-0.2, -0.15) is 15.1 Å². The largest absolute Gasteiger partial charge is 0.666 e. The summed E-state index contributed by atoms with van der Waals surface area (Å²) in [6.45, 7) is 0. The van der Waals surface area contributed by atoms with Gasteiger partial charge in [-0.05, 0) is 0 Å². The molecule has 2 heterocycles. The maximum absolute atomic E-state index is 10.9. The van der Waals surface area contributed by atoms with Gasteiger partial charge >= 0.3 is 11.2 Å². The maximum Gasteiger partial charge on any atom is 0.432 e. The molecule has 62 valence electrons. The quantitative estimate of drug-likeness (QED) is 0.303. The smallest absolute Gasteiger partial charge is 0.432 e. The molecule has 12 heavy (non-hydrogen) atoms. The second kappa shape index (κ2) is 2.13. The van der Waals surface area contributed by atoms with E-state index in [1.807, 2.05) is 0 Å². The van der Waals surface area contributed by atoms with Gasteiger partial charge in [0.2, 0.25) is 0 Å². The van der Waals surface area contributed by atoms with E-state index < -0.39 is 10.9 Å². The van der Waals surface area contributed by atoms with Crippen molar-refractivity contribution in [1.82, 2.24) is 14.8 Å². The fraction of sp³-hybridized carbons (Fsp3) is 0. The average molecular weight is 168 g/mol. The second-order valence-corrected chi connectivity index (χ2v) is 2.27. The zero-order chi connectivity index (χ0) is 8.72. The molecule has 0 aromatic carbocycles. The van der Waals surface area contributed by atoms with E-state index in [9.17, 15) is 15.2 Å². The summed E-state index contributed by atoms with van der Waals surface area (Å²) in [6, 6.07) is 0. The minimum absolute atomic E-state index is 0.0417. The Kier molecular flexibility index (Phi) is 1.23. The van der Waals surface area contributed by atoms with E-state index in [2.05, 4.69) is 9.97 Å². The van der Waals surface area contributed by atoms with Gasteiger partial charge in [0.15, 0.2) is 6.20 Å². The molecule has 1 aromatic rings. The molecular formula is C5H4N4O3. The minimum Gasteiger partial charge on any atom is -0.666 e. The van der Waals surface area contributed by atoms with Crippen LogP contribution in [0.25, 0.3) is 6.20 Å². The molecule has 7 nitrogen and oxygen atoms in total. The molecule has 1 unspecified atom stereocenters. The number of aromatic nitrogens is 2. The number of nitrogens with zero attached hydrogens (tertiary/aromatic N) is 2.